The van der Waals surface area contributed by atoms with Crippen molar-refractivity contribution in [2.75, 3.05) is 11.9 Å². The number of hydrogen-bond acceptors (Lipinski definition) is 3. The zero-order valence-corrected chi connectivity index (χ0v) is 11.3. The highest BCUT2D eigenvalue weighted by Gasteiger charge is 2.50. The van der Waals surface area contributed by atoms with Crippen LogP contribution in [0.15, 0.2) is 36.5 Å². The second-order valence-electron chi connectivity index (χ2n) is 5.30. The molecule has 0 saturated heterocycles. The van der Waals surface area contributed by atoms with E-state index in [0.717, 1.165) is 10.9 Å². The third kappa shape index (κ3) is 2.79. The van der Waals surface area contributed by atoms with E-state index in [1.165, 1.54) is 0 Å². The fourth-order valence-corrected chi connectivity index (χ4v) is 2.20. The van der Waals surface area contributed by atoms with Crippen LogP contribution in [-0.4, -0.2) is 28.6 Å². The first-order valence-electron chi connectivity index (χ1n) is 6.72. The maximum atomic E-state index is 11.8. The Labute approximate surface area is 121 Å². The number of amides is 2. The van der Waals surface area contributed by atoms with Crippen molar-refractivity contribution in [3.8, 4) is 0 Å². The van der Waals surface area contributed by atoms with Crippen molar-refractivity contribution in [3.05, 3.63) is 36.5 Å². The average molecular weight is 285 g/mol. The van der Waals surface area contributed by atoms with E-state index in [9.17, 15) is 9.59 Å². The number of urea groups is 1. The second kappa shape index (κ2) is 5.05. The Hall–Kier alpha value is -2.63. The first kappa shape index (κ1) is 13.4. The number of hydrogen-bond donors (Lipinski definition) is 3. The molecule has 1 aliphatic carbocycles. The number of aromatic nitrogens is 1. The lowest BCUT2D eigenvalue weighted by molar-refractivity contribution is -0.143. The summed E-state index contributed by atoms with van der Waals surface area (Å²) in [6, 6.07) is 8.76. The number of pyridine rings is 1. The van der Waals surface area contributed by atoms with Gasteiger partial charge in [-0.1, -0.05) is 6.07 Å². The van der Waals surface area contributed by atoms with Crippen LogP contribution in [0.3, 0.4) is 0 Å². The fourth-order valence-electron chi connectivity index (χ4n) is 2.20. The predicted molar refractivity (Wildman–Crippen MR) is 78.1 cm³/mol. The molecule has 2 aromatic rings. The number of nitrogens with zero attached hydrogens (tertiary/aromatic N) is 1. The topological polar surface area (TPSA) is 91.3 Å². The van der Waals surface area contributed by atoms with E-state index in [1.807, 2.05) is 24.3 Å². The SMILES string of the molecule is O=C(NCC1(C(=O)O)CC1)Nc1ccc2ncccc2c1. The third-order valence-corrected chi connectivity index (χ3v) is 3.76. The molecule has 2 amide bonds. The molecule has 3 N–H and O–H groups in total. The third-order valence-electron chi connectivity index (χ3n) is 3.76. The Kier molecular flexibility index (Phi) is 3.21. The molecular weight excluding hydrogens is 270 g/mol. The Morgan fingerprint density at radius 3 is 2.81 bits per heavy atom. The maximum absolute atomic E-state index is 11.8. The molecule has 1 aliphatic rings. The molecule has 0 atom stereocenters. The molecular formula is C15H15N3O3. The minimum absolute atomic E-state index is 0.156. The van der Waals surface area contributed by atoms with Crippen LogP contribution in [0, 0.1) is 5.41 Å². The lowest BCUT2D eigenvalue weighted by atomic mass is 10.1. The fraction of sp³-hybridized carbons (Fsp3) is 0.267. The Balaban J connectivity index is 1.62. The van der Waals surface area contributed by atoms with Gasteiger partial charge in [-0.25, -0.2) is 4.79 Å². The number of benzene rings is 1. The number of aliphatic carboxylic acids is 1. The van der Waals surface area contributed by atoms with Crippen LogP contribution in [0.2, 0.25) is 0 Å². The van der Waals surface area contributed by atoms with Gasteiger partial charge in [0, 0.05) is 23.8 Å². The van der Waals surface area contributed by atoms with Gasteiger partial charge in [0.25, 0.3) is 0 Å². The average Bonchev–Trinajstić information content (AvgIpc) is 3.26. The summed E-state index contributed by atoms with van der Waals surface area (Å²) in [6.07, 6.45) is 2.94. The van der Waals surface area contributed by atoms with E-state index in [2.05, 4.69) is 15.6 Å². The number of rotatable bonds is 4. The lowest BCUT2D eigenvalue weighted by Crippen LogP contribution is -2.36. The lowest BCUT2D eigenvalue weighted by Gasteiger charge is -2.12. The quantitative estimate of drug-likeness (QED) is 0.803. The molecule has 21 heavy (non-hydrogen) atoms. The molecule has 1 heterocycles. The van der Waals surface area contributed by atoms with Gasteiger partial charge in [-0.05, 0) is 37.1 Å². The molecule has 0 radical (unpaired) electrons. The van der Waals surface area contributed by atoms with Gasteiger partial charge in [0.1, 0.15) is 0 Å². The van der Waals surface area contributed by atoms with E-state index in [1.54, 1.807) is 12.3 Å². The van der Waals surface area contributed by atoms with Gasteiger partial charge in [0.15, 0.2) is 0 Å². The van der Waals surface area contributed by atoms with Crippen LogP contribution in [0.25, 0.3) is 10.9 Å². The highest BCUT2D eigenvalue weighted by Crippen LogP contribution is 2.45. The highest BCUT2D eigenvalue weighted by molar-refractivity contribution is 5.93. The summed E-state index contributed by atoms with van der Waals surface area (Å²) in [6.45, 7) is 0.156. The molecule has 6 heteroatoms. The van der Waals surface area contributed by atoms with Crippen LogP contribution in [0.1, 0.15) is 12.8 Å². The standard InChI is InChI=1S/C15H15N3O3/c19-13(20)15(5-6-15)9-17-14(21)18-11-3-4-12-10(8-11)2-1-7-16-12/h1-4,7-8H,5-6,9H2,(H,19,20)(H2,17,18,21). The molecule has 0 spiro atoms. The molecule has 6 nitrogen and oxygen atoms in total. The van der Waals surface area contributed by atoms with E-state index in [0.29, 0.717) is 18.5 Å². The highest BCUT2D eigenvalue weighted by atomic mass is 16.4. The Morgan fingerprint density at radius 1 is 1.29 bits per heavy atom. The minimum Gasteiger partial charge on any atom is -0.481 e. The smallest absolute Gasteiger partial charge is 0.319 e. The summed E-state index contributed by atoms with van der Waals surface area (Å²) in [4.78, 5) is 27.0. The predicted octanol–water partition coefficient (Wildman–Crippen LogP) is 2.22. The van der Waals surface area contributed by atoms with Crippen molar-refractivity contribution in [1.29, 1.82) is 0 Å². The molecule has 108 valence electrons. The van der Waals surface area contributed by atoms with Crippen molar-refractivity contribution in [2.24, 2.45) is 5.41 Å². The second-order valence-corrected chi connectivity index (χ2v) is 5.30. The van der Waals surface area contributed by atoms with Crippen LogP contribution in [-0.2, 0) is 4.79 Å². The zero-order valence-electron chi connectivity index (χ0n) is 11.3. The van der Waals surface area contributed by atoms with Crippen LogP contribution in [0.4, 0.5) is 10.5 Å². The van der Waals surface area contributed by atoms with Gasteiger partial charge in [-0.2, -0.15) is 0 Å². The largest absolute Gasteiger partial charge is 0.481 e. The number of nitrogens with one attached hydrogen (secondary N) is 2. The van der Waals surface area contributed by atoms with Crippen LogP contribution < -0.4 is 10.6 Å². The number of fused-ring (bicyclic) bond motifs is 1. The molecule has 0 unspecified atom stereocenters. The van der Waals surface area contributed by atoms with Crippen LogP contribution in [0.5, 0.6) is 0 Å². The molecule has 0 aliphatic heterocycles. The monoisotopic (exact) mass is 285 g/mol. The first-order valence-corrected chi connectivity index (χ1v) is 6.72. The number of carboxylic acids is 1. The summed E-state index contributed by atoms with van der Waals surface area (Å²) in [5, 5.41) is 15.3. The molecule has 1 saturated carbocycles. The van der Waals surface area contributed by atoms with Crippen molar-refractivity contribution in [1.82, 2.24) is 10.3 Å². The van der Waals surface area contributed by atoms with E-state index in [-0.39, 0.29) is 6.54 Å². The summed E-state index contributed by atoms with van der Waals surface area (Å²) in [7, 11) is 0. The van der Waals surface area contributed by atoms with E-state index >= 15 is 0 Å². The van der Waals surface area contributed by atoms with Gasteiger partial charge in [0.05, 0.1) is 10.9 Å². The van der Waals surface area contributed by atoms with Crippen molar-refractivity contribution in [2.45, 2.75) is 12.8 Å². The maximum Gasteiger partial charge on any atom is 0.319 e. The number of carbonyl (C=O) groups excluding carboxylic acids is 1. The Bertz CT molecular complexity index is 710. The van der Waals surface area contributed by atoms with Gasteiger partial charge in [0.2, 0.25) is 0 Å². The number of carbonyl (C=O) groups is 2. The minimum atomic E-state index is -0.848. The zero-order chi connectivity index (χ0) is 14.9. The molecule has 0 bridgehead atoms. The molecule has 3 rings (SSSR count). The normalized spacial score (nSPS) is 15.4. The van der Waals surface area contributed by atoms with E-state index < -0.39 is 17.4 Å². The van der Waals surface area contributed by atoms with Crippen molar-refractivity contribution >= 4 is 28.6 Å². The van der Waals surface area contributed by atoms with Gasteiger partial charge in [-0.15, -0.1) is 0 Å². The summed E-state index contributed by atoms with van der Waals surface area (Å²) in [5.41, 5.74) is 0.740. The molecule has 1 aromatic heterocycles. The first-order chi connectivity index (χ1) is 10.1. The molecule has 1 aromatic carbocycles. The van der Waals surface area contributed by atoms with E-state index in [4.69, 9.17) is 5.11 Å². The Morgan fingerprint density at radius 2 is 2.10 bits per heavy atom. The molecule has 1 fully saturated rings. The van der Waals surface area contributed by atoms with Gasteiger partial charge in [-0.3, -0.25) is 9.78 Å². The number of carboxylic acid groups (broad SMARTS) is 1. The summed E-state index contributed by atoms with van der Waals surface area (Å²) < 4.78 is 0. The van der Waals surface area contributed by atoms with Crippen molar-refractivity contribution < 1.29 is 14.7 Å². The summed E-state index contributed by atoms with van der Waals surface area (Å²) in [5.74, 6) is -0.848. The number of anilines is 1. The summed E-state index contributed by atoms with van der Waals surface area (Å²) >= 11 is 0. The van der Waals surface area contributed by atoms with Gasteiger partial charge < -0.3 is 15.7 Å². The van der Waals surface area contributed by atoms with Crippen LogP contribution >= 0.6 is 0 Å². The van der Waals surface area contributed by atoms with Crippen molar-refractivity contribution in [3.63, 3.8) is 0 Å². The van der Waals surface area contributed by atoms with Gasteiger partial charge >= 0.3 is 12.0 Å².